The lowest BCUT2D eigenvalue weighted by Gasteiger charge is -2.13. The summed E-state index contributed by atoms with van der Waals surface area (Å²) in [5.41, 5.74) is 8.73. The number of para-hydroxylation sites is 3. The first-order valence-corrected chi connectivity index (χ1v) is 11.4. The second-order valence-electron chi connectivity index (χ2n) is 8.67. The van der Waals surface area contributed by atoms with Gasteiger partial charge in [-0.1, -0.05) is 84.9 Å². The van der Waals surface area contributed by atoms with E-state index in [-0.39, 0.29) is 0 Å². The maximum absolute atomic E-state index is 2.44. The molecule has 2 aromatic heterocycles. The topological polar surface area (TPSA) is 9.86 Å². The van der Waals surface area contributed by atoms with Crippen LogP contribution in [0.15, 0.2) is 115 Å². The van der Waals surface area contributed by atoms with Crippen LogP contribution >= 0.6 is 0 Å². The smallest absolute Gasteiger partial charge is 0.0627 e. The van der Waals surface area contributed by atoms with Crippen LogP contribution in [0.4, 0.5) is 0 Å². The van der Waals surface area contributed by atoms with E-state index in [4.69, 9.17) is 0 Å². The van der Waals surface area contributed by atoms with Crippen LogP contribution < -0.4 is 0 Å². The van der Waals surface area contributed by atoms with E-state index in [2.05, 4.69) is 131 Å². The molecule has 2 heteroatoms. The quantitative estimate of drug-likeness (QED) is 0.266. The van der Waals surface area contributed by atoms with Crippen molar-refractivity contribution in [1.29, 1.82) is 0 Å². The van der Waals surface area contributed by atoms with Crippen LogP contribution in [0, 0.1) is 0 Å². The molecule has 0 saturated carbocycles. The fraction of sp³-hybridized carbons (Fsp3) is 0.0323. The average molecular weight is 423 g/mol. The van der Waals surface area contributed by atoms with Gasteiger partial charge in [0.05, 0.1) is 16.6 Å². The molecule has 7 aromatic rings. The summed E-state index contributed by atoms with van der Waals surface area (Å²) in [4.78, 5) is 0. The Bertz CT molecular complexity index is 1800. The Labute approximate surface area is 191 Å². The maximum atomic E-state index is 2.44. The highest BCUT2D eigenvalue weighted by atomic mass is 15.0. The van der Waals surface area contributed by atoms with E-state index in [1.807, 2.05) is 0 Å². The van der Waals surface area contributed by atoms with E-state index < -0.39 is 0 Å². The van der Waals surface area contributed by atoms with Crippen molar-refractivity contribution >= 4 is 43.6 Å². The molecule has 156 valence electrons. The summed E-state index contributed by atoms with van der Waals surface area (Å²) < 4.78 is 4.78. The van der Waals surface area contributed by atoms with Crippen LogP contribution in [-0.4, -0.2) is 9.13 Å². The number of nitrogens with zero attached hydrogens (tertiary/aromatic N) is 2. The SMILES string of the molecule is Cn1c2ccccc2c2c(-c3ccccc3)c3c(cc21)c1ccccc1n3-c1ccccc1. The number of hydrogen-bond donors (Lipinski definition) is 0. The number of rotatable bonds is 2. The molecule has 0 N–H and O–H groups in total. The highest BCUT2D eigenvalue weighted by Gasteiger charge is 2.22. The van der Waals surface area contributed by atoms with Crippen molar-refractivity contribution in [2.24, 2.45) is 7.05 Å². The minimum absolute atomic E-state index is 1.18. The third-order valence-electron chi connectivity index (χ3n) is 6.91. The van der Waals surface area contributed by atoms with Gasteiger partial charge in [0, 0.05) is 45.4 Å². The first-order valence-electron chi connectivity index (χ1n) is 11.4. The largest absolute Gasteiger partial charge is 0.344 e. The zero-order valence-electron chi connectivity index (χ0n) is 18.4. The predicted molar refractivity (Wildman–Crippen MR) is 140 cm³/mol. The molecule has 0 radical (unpaired) electrons. The summed E-state index contributed by atoms with van der Waals surface area (Å²) in [6.45, 7) is 0. The summed E-state index contributed by atoms with van der Waals surface area (Å²) in [5.74, 6) is 0. The van der Waals surface area contributed by atoms with Gasteiger partial charge in [0.2, 0.25) is 0 Å². The van der Waals surface area contributed by atoms with Crippen molar-refractivity contribution in [3.8, 4) is 16.8 Å². The molecule has 0 saturated heterocycles. The maximum Gasteiger partial charge on any atom is 0.0627 e. The summed E-state index contributed by atoms with van der Waals surface area (Å²) in [6, 6.07) is 41.5. The Morgan fingerprint density at radius 2 is 1.12 bits per heavy atom. The fourth-order valence-corrected chi connectivity index (χ4v) is 5.49. The summed E-state index contributed by atoms with van der Waals surface area (Å²) in [7, 11) is 2.18. The number of fused-ring (bicyclic) bond motifs is 6. The monoisotopic (exact) mass is 422 g/mol. The zero-order valence-corrected chi connectivity index (χ0v) is 18.4. The molecule has 5 aromatic carbocycles. The molecule has 0 aliphatic carbocycles. The van der Waals surface area contributed by atoms with Gasteiger partial charge < -0.3 is 9.13 Å². The number of aryl methyl sites for hydroxylation is 1. The molecule has 0 bridgehead atoms. The summed E-state index contributed by atoms with van der Waals surface area (Å²) >= 11 is 0. The Morgan fingerprint density at radius 3 is 1.88 bits per heavy atom. The van der Waals surface area contributed by atoms with Gasteiger partial charge in [0.15, 0.2) is 0 Å². The van der Waals surface area contributed by atoms with Crippen molar-refractivity contribution in [3.63, 3.8) is 0 Å². The summed E-state index contributed by atoms with van der Waals surface area (Å²) in [6.07, 6.45) is 0. The Morgan fingerprint density at radius 1 is 0.515 bits per heavy atom. The molecule has 0 fully saturated rings. The first kappa shape index (κ1) is 18.3. The van der Waals surface area contributed by atoms with Crippen molar-refractivity contribution in [2.45, 2.75) is 0 Å². The van der Waals surface area contributed by atoms with E-state index in [9.17, 15) is 0 Å². The minimum atomic E-state index is 1.18. The minimum Gasteiger partial charge on any atom is -0.344 e. The second-order valence-corrected chi connectivity index (χ2v) is 8.67. The van der Waals surface area contributed by atoms with Gasteiger partial charge in [-0.15, -0.1) is 0 Å². The van der Waals surface area contributed by atoms with Crippen LogP contribution in [0.3, 0.4) is 0 Å². The lowest BCUT2D eigenvalue weighted by atomic mass is 9.96. The summed E-state index contributed by atoms with van der Waals surface area (Å²) in [5, 5.41) is 5.17. The van der Waals surface area contributed by atoms with Gasteiger partial charge in [-0.25, -0.2) is 0 Å². The lowest BCUT2D eigenvalue weighted by molar-refractivity contribution is 1.02. The van der Waals surface area contributed by atoms with E-state index >= 15 is 0 Å². The van der Waals surface area contributed by atoms with Crippen LogP contribution in [0.25, 0.3) is 60.4 Å². The van der Waals surface area contributed by atoms with Gasteiger partial charge in [0.1, 0.15) is 0 Å². The standard InChI is InChI=1S/C31H22N2/c1-32-26-18-10-9-17-24(26)30-28(32)20-25-23-16-8-11-19-27(23)33(22-14-6-3-7-15-22)31(25)29(30)21-12-4-2-5-13-21/h2-20H,1H3. The Kier molecular flexibility index (Phi) is 3.80. The zero-order chi connectivity index (χ0) is 21.9. The molecule has 0 aliphatic heterocycles. The highest BCUT2D eigenvalue weighted by Crippen LogP contribution is 2.45. The van der Waals surface area contributed by atoms with Gasteiger partial charge in [0.25, 0.3) is 0 Å². The molecule has 2 nitrogen and oxygen atoms in total. The highest BCUT2D eigenvalue weighted by molar-refractivity contribution is 6.26. The molecule has 7 rings (SSSR count). The van der Waals surface area contributed by atoms with Crippen molar-refractivity contribution in [2.75, 3.05) is 0 Å². The van der Waals surface area contributed by atoms with Crippen LogP contribution in [-0.2, 0) is 7.05 Å². The van der Waals surface area contributed by atoms with Crippen molar-refractivity contribution in [1.82, 2.24) is 9.13 Å². The molecule has 2 heterocycles. The third-order valence-corrected chi connectivity index (χ3v) is 6.91. The number of benzene rings is 5. The second kappa shape index (κ2) is 6.85. The van der Waals surface area contributed by atoms with Crippen molar-refractivity contribution in [3.05, 3.63) is 115 Å². The van der Waals surface area contributed by atoms with Gasteiger partial charge in [-0.2, -0.15) is 0 Å². The fourth-order valence-electron chi connectivity index (χ4n) is 5.49. The molecule has 0 aliphatic rings. The van der Waals surface area contributed by atoms with E-state index in [0.29, 0.717) is 0 Å². The van der Waals surface area contributed by atoms with E-state index in [0.717, 1.165) is 0 Å². The van der Waals surface area contributed by atoms with E-state index in [1.54, 1.807) is 0 Å². The van der Waals surface area contributed by atoms with Crippen LogP contribution in [0.5, 0.6) is 0 Å². The molecule has 0 atom stereocenters. The van der Waals surface area contributed by atoms with Crippen LogP contribution in [0.1, 0.15) is 0 Å². The number of hydrogen-bond acceptors (Lipinski definition) is 0. The molecule has 0 unspecified atom stereocenters. The normalized spacial score (nSPS) is 11.8. The predicted octanol–water partition coefficient (Wildman–Crippen LogP) is 8.10. The number of aromatic nitrogens is 2. The Hall–Kier alpha value is -4.30. The molecular formula is C31H22N2. The van der Waals surface area contributed by atoms with Gasteiger partial charge in [-0.3, -0.25) is 0 Å². The lowest BCUT2D eigenvalue weighted by Crippen LogP contribution is -1.96. The first-order chi connectivity index (χ1) is 16.3. The molecular weight excluding hydrogens is 400 g/mol. The third kappa shape index (κ3) is 2.49. The van der Waals surface area contributed by atoms with Crippen LogP contribution in [0.2, 0.25) is 0 Å². The Balaban J connectivity index is 1.83. The van der Waals surface area contributed by atoms with Gasteiger partial charge in [-0.05, 0) is 35.9 Å². The molecule has 0 amide bonds. The molecule has 0 spiro atoms. The molecule has 33 heavy (non-hydrogen) atoms. The van der Waals surface area contributed by atoms with Gasteiger partial charge >= 0.3 is 0 Å². The van der Waals surface area contributed by atoms with Crippen molar-refractivity contribution < 1.29 is 0 Å². The average Bonchev–Trinajstić information content (AvgIpc) is 3.36. The van der Waals surface area contributed by atoms with E-state index in [1.165, 1.54) is 60.4 Å².